The van der Waals surface area contributed by atoms with Crippen molar-refractivity contribution >= 4 is 34.3 Å². The maximum atomic E-state index is 12.7. The van der Waals surface area contributed by atoms with E-state index >= 15 is 0 Å². The molecule has 0 saturated heterocycles. The van der Waals surface area contributed by atoms with Crippen LogP contribution in [0.3, 0.4) is 0 Å². The Kier molecular flexibility index (Phi) is 5.21. The number of carbonyl (C=O) groups is 2. The van der Waals surface area contributed by atoms with Crippen LogP contribution >= 0.6 is 0 Å². The van der Waals surface area contributed by atoms with Crippen molar-refractivity contribution in [2.75, 3.05) is 10.6 Å². The SMILES string of the molecule is CCCc1ccc(NC(=O)O)cc1NC(=O)c1c[nH]c2ccccc2c1=O. The molecule has 7 heteroatoms. The predicted molar refractivity (Wildman–Crippen MR) is 105 cm³/mol. The number of carboxylic acid groups (broad SMARTS) is 1. The van der Waals surface area contributed by atoms with E-state index in [9.17, 15) is 14.4 Å². The number of fused-ring (bicyclic) bond motifs is 1. The summed E-state index contributed by atoms with van der Waals surface area (Å²) in [5.41, 5.74) is 1.95. The lowest BCUT2D eigenvalue weighted by molar-refractivity contribution is 0.102. The first kappa shape index (κ1) is 18.2. The minimum Gasteiger partial charge on any atom is -0.465 e. The van der Waals surface area contributed by atoms with E-state index < -0.39 is 12.0 Å². The van der Waals surface area contributed by atoms with Gasteiger partial charge in [0.05, 0.1) is 0 Å². The van der Waals surface area contributed by atoms with Gasteiger partial charge >= 0.3 is 6.09 Å². The molecule has 0 saturated carbocycles. The molecule has 138 valence electrons. The third kappa shape index (κ3) is 3.98. The lowest BCUT2D eigenvalue weighted by Crippen LogP contribution is -2.22. The summed E-state index contributed by atoms with van der Waals surface area (Å²) >= 11 is 0. The van der Waals surface area contributed by atoms with Crippen LogP contribution in [0, 0.1) is 0 Å². The molecular weight excluding hydrogens is 346 g/mol. The number of anilines is 2. The molecule has 0 bridgehead atoms. The van der Waals surface area contributed by atoms with Crippen molar-refractivity contribution in [2.45, 2.75) is 19.8 Å². The van der Waals surface area contributed by atoms with Gasteiger partial charge in [-0.1, -0.05) is 31.5 Å². The Hall–Kier alpha value is -3.61. The molecule has 0 aliphatic rings. The zero-order chi connectivity index (χ0) is 19.4. The quantitative estimate of drug-likeness (QED) is 0.551. The number of aromatic nitrogens is 1. The number of pyridine rings is 1. The van der Waals surface area contributed by atoms with Gasteiger partial charge < -0.3 is 15.4 Å². The summed E-state index contributed by atoms with van der Waals surface area (Å²) in [4.78, 5) is 39.1. The van der Waals surface area contributed by atoms with Gasteiger partial charge in [0.15, 0.2) is 0 Å². The lowest BCUT2D eigenvalue weighted by atomic mass is 10.1. The average molecular weight is 365 g/mol. The number of para-hydroxylation sites is 1. The van der Waals surface area contributed by atoms with Gasteiger partial charge in [-0.25, -0.2) is 4.79 Å². The molecule has 0 aliphatic heterocycles. The number of aryl methyl sites for hydroxylation is 1. The number of H-pyrrole nitrogens is 1. The number of rotatable bonds is 5. The Morgan fingerprint density at radius 3 is 2.63 bits per heavy atom. The number of nitrogens with one attached hydrogen (secondary N) is 3. The Morgan fingerprint density at radius 1 is 1.11 bits per heavy atom. The highest BCUT2D eigenvalue weighted by Crippen LogP contribution is 2.23. The molecule has 3 rings (SSSR count). The van der Waals surface area contributed by atoms with Gasteiger partial charge in [0.2, 0.25) is 5.43 Å². The van der Waals surface area contributed by atoms with Crippen molar-refractivity contribution in [2.24, 2.45) is 0 Å². The molecule has 0 spiro atoms. The predicted octanol–water partition coefficient (Wildman–Crippen LogP) is 3.82. The average Bonchev–Trinajstić information content (AvgIpc) is 2.64. The van der Waals surface area contributed by atoms with Crippen molar-refractivity contribution < 1.29 is 14.7 Å². The highest BCUT2D eigenvalue weighted by molar-refractivity contribution is 6.06. The summed E-state index contributed by atoms with van der Waals surface area (Å²) in [5.74, 6) is -0.549. The van der Waals surface area contributed by atoms with Crippen LogP contribution < -0.4 is 16.1 Å². The summed E-state index contributed by atoms with van der Waals surface area (Å²) in [6, 6.07) is 11.9. The molecule has 0 aliphatic carbocycles. The molecule has 0 unspecified atom stereocenters. The molecule has 1 heterocycles. The number of carbonyl (C=O) groups excluding carboxylic acids is 1. The Morgan fingerprint density at radius 2 is 1.89 bits per heavy atom. The number of hydrogen-bond donors (Lipinski definition) is 4. The molecule has 3 aromatic rings. The summed E-state index contributed by atoms with van der Waals surface area (Å²) < 4.78 is 0. The van der Waals surface area contributed by atoms with E-state index in [1.165, 1.54) is 6.20 Å². The largest absolute Gasteiger partial charge is 0.465 e. The van der Waals surface area contributed by atoms with E-state index in [0.29, 0.717) is 28.7 Å². The molecule has 1 aromatic heterocycles. The van der Waals surface area contributed by atoms with Crippen molar-refractivity contribution in [3.8, 4) is 0 Å². The topological polar surface area (TPSA) is 111 Å². The van der Waals surface area contributed by atoms with E-state index in [2.05, 4.69) is 15.6 Å². The lowest BCUT2D eigenvalue weighted by Gasteiger charge is -2.13. The Bertz CT molecular complexity index is 1070. The van der Waals surface area contributed by atoms with E-state index in [0.717, 1.165) is 12.0 Å². The normalized spacial score (nSPS) is 10.6. The summed E-state index contributed by atoms with van der Waals surface area (Å²) in [5, 5.41) is 14.3. The second kappa shape index (κ2) is 7.74. The van der Waals surface area contributed by atoms with Gasteiger partial charge in [-0.3, -0.25) is 14.9 Å². The van der Waals surface area contributed by atoms with Crippen LogP contribution in [0.5, 0.6) is 0 Å². The number of aromatic amines is 1. The van der Waals surface area contributed by atoms with Gasteiger partial charge in [-0.15, -0.1) is 0 Å². The van der Waals surface area contributed by atoms with Crippen molar-refractivity contribution in [3.63, 3.8) is 0 Å². The second-order valence-corrected chi connectivity index (χ2v) is 6.08. The van der Waals surface area contributed by atoms with Gasteiger partial charge in [0.1, 0.15) is 5.56 Å². The van der Waals surface area contributed by atoms with Gasteiger partial charge in [-0.05, 0) is 36.2 Å². The third-order valence-corrected chi connectivity index (χ3v) is 4.16. The highest BCUT2D eigenvalue weighted by Gasteiger charge is 2.15. The summed E-state index contributed by atoms with van der Waals surface area (Å²) in [7, 11) is 0. The molecule has 4 N–H and O–H groups in total. The monoisotopic (exact) mass is 365 g/mol. The highest BCUT2D eigenvalue weighted by atomic mass is 16.4. The van der Waals surface area contributed by atoms with Crippen LogP contribution in [0.1, 0.15) is 29.3 Å². The van der Waals surface area contributed by atoms with Gasteiger partial charge in [-0.2, -0.15) is 0 Å². The molecule has 7 nitrogen and oxygen atoms in total. The molecule has 0 atom stereocenters. The molecular formula is C20H19N3O4. The van der Waals surface area contributed by atoms with Crippen LogP contribution in [0.2, 0.25) is 0 Å². The van der Waals surface area contributed by atoms with Crippen LogP contribution in [-0.2, 0) is 6.42 Å². The fourth-order valence-corrected chi connectivity index (χ4v) is 2.91. The minimum absolute atomic E-state index is 0.00672. The van der Waals surface area contributed by atoms with Gasteiger partial charge in [0, 0.05) is 28.5 Å². The maximum absolute atomic E-state index is 12.7. The van der Waals surface area contributed by atoms with Crippen LogP contribution in [-0.4, -0.2) is 22.1 Å². The van der Waals surface area contributed by atoms with Gasteiger partial charge in [0.25, 0.3) is 5.91 Å². The third-order valence-electron chi connectivity index (χ3n) is 4.16. The zero-order valence-electron chi connectivity index (χ0n) is 14.7. The molecule has 2 aromatic carbocycles. The van der Waals surface area contributed by atoms with Crippen molar-refractivity contribution in [1.82, 2.24) is 4.98 Å². The number of hydrogen-bond acceptors (Lipinski definition) is 3. The minimum atomic E-state index is -1.19. The fraction of sp³-hybridized carbons (Fsp3) is 0.150. The van der Waals surface area contributed by atoms with E-state index in [4.69, 9.17) is 5.11 Å². The Labute approximate surface area is 155 Å². The number of benzene rings is 2. The van der Waals surface area contributed by atoms with E-state index in [1.807, 2.05) is 6.92 Å². The van der Waals surface area contributed by atoms with E-state index in [-0.39, 0.29) is 11.0 Å². The number of amides is 2. The standard InChI is InChI=1S/C20H19N3O4/c1-2-5-12-8-9-13(22-20(26)27)10-17(12)23-19(25)15-11-21-16-7-4-3-6-14(16)18(15)24/h3-4,6-11,22H,2,5H2,1H3,(H,21,24)(H,23,25)(H,26,27). The summed E-state index contributed by atoms with van der Waals surface area (Å²) in [6.45, 7) is 2.00. The fourth-order valence-electron chi connectivity index (χ4n) is 2.91. The molecule has 0 fully saturated rings. The maximum Gasteiger partial charge on any atom is 0.409 e. The smallest absolute Gasteiger partial charge is 0.409 e. The first-order valence-corrected chi connectivity index (χ1v) is 8.54. The molecule has 27 heavy (non-hydrogen) atoms. The van der Waals surface area contributed by atoms with Crippen molar-refractivity contribution in [3.05, 3.63) is 70.0 Å². The van der Waals surface area contributed by atoms with Crippen LogP contribution in [0.25, 0.3) is 10.9 Å². The molecule has 2 amide bonds. The van der Waals surface area contributed by atoms with Crippen LogP contribution in [0.4, 0.5) is 16.2 Å². The summed E-state index contributed by atoms with van der Waals surface area (Å²) in [6.07, 6.45) is 1.75. The first-order chi connectivity index (χ1) is 13.0. The second-order valence-electron chi connectivity index (χ2n) is 6.08. The van der Waals surface area contributed by atoms with Crippen LogP contribution in [0.15, 0.2) is 53.5 Å². The van der Waals surface area contributed by atoms with Crippen molar-refractivity contribution in [1.29, 1.82) is 0 Å². The Balaban J connectivity index is 1.96. The zero-order valence-corrected chi connectivity index (χ0v) is 14.7. The van der Waals surface area contributed by atoms with E-state index in [1.54, 1.807) is 42.5 Å². The molecule has 0 radical (unpaired) electrons. The first-order valence-electron chi connectivity index (χ1n) is 8.54.